The highest BCUT2D eigenvalue weighted by atomic mass is 35.5. The first-order valence-electron chi connectivity index (χ1n) is 7.63. The normalized spacial score (nSPS) is 15.3. The Bertz CT molecular complexity index is 509. The summed E-state index contributed by atoms with van der Waals surface area (Å²) >= 11 is 0. The number of rotatable bonds is 6. The van der Waals surface area contributed by atoms with Gasteiger partial charge in [-0.15, -0.1) is 12.4 Å². The molecular formula is C16H23ClF2N2O2. The summed E-state index contributed by atoms with van der Waals surface area (Å²) in [7, 11) is 0. The van der Waals surface area contributed by atoms with Crippen molar-refractivity contribution in [3.63, 3.8) is 0 Å². The summed E-state index contributed by atoms with van der Waals surface area (Å²) in [6, 6.07) is 3.18. The van der Waals surface area contributed by atoms with E-state index in [0.29, 0.717) is 26.2 Å². The molecule has 2 rings (SSSR count). The summed E-state index contributed by atoms with van der Waals surface area (Å²) in [5.74, 6) is -1.25. The molecule has 0 aliphatic carbocycles. The van der Waals surface area contributed by atoms with Crippen LogP contribution in [-0.2, 0) is 16.0 Å². The minimum absolute atomic E-state index is 0. The number of piperidine rings is 1. The molecule has 7 heteroatoms. The van der Waals surface area contributed by atoms with E-state index in [2.05, 4.69) is 0 Å². The lowest BCUT2D eigenvalue weighted by Crippen LogP contribution is -2.41. The second kappa shape index (κ2) is 9.80. The predicted molar refractivity (Wildman–Crippen MR) is 86.5 cm³/mol. The number of halogens is 3. The highest BCUT2D eigenvalue weighted by molar-refractivity contribution is 5.85. The largest absolute Gasteiger partial charge is 0.378 e. The van der Waals surface area contributed by atoms with Gasteiger partial charge in [0, 0.05) is 25.3 Å². The minimum atomic E-state index is -0.547. The molecule has 23 heavy (non-hydrogen) atoms. The molecule has 1 aromatic carbocycles. The smallest absolute Gasteiger partial charge is 0.227 e. The molecule has 0 aromatic heterocycles. The number of carbonyl (C=O) groups is 1. The molecule has 1 saturated heterocycles. The standard InChI is InChI=1S/C16H22F2N2O2.ClH/c17-13-2-3-15(18)12(10-13)11-16(21)20-7-4-14(5-8-20)22-9-1-6-19;/h2-3,10,14H,1,4-9,11,19H2;1H. The fourth-order valence-corrected chi connectivity index (χ4v) is 2.56. The SMILES string of the molecule is Cl.NCCCOC1CCN(C(=O)Cc2cc(F)ccc2F)CC1. The van der Waals surface area contributed by atoms with E-state index in [1.165, 1.54) is 0 Å². The van der Waals surface area contributed by atoms with Gasteiger partial charge in [0.2, 0.25) is 5.91 Å². The summed E-state index contributed by atoms with van der Waals surface area (Å²) in [6.45, 7) is 2.42. The van der Waals surface area contributed by atoms with E-state index >= 15 is 0 Å². The lowest BCUT2D eigenvalue weighted by molar-refractivity contribution is -0.133. The van der Waals surface area contributed by atoms with Gasteiger partial charge in [0.15, 0.2) is 0 Å². The molecule has 1 aliphatic rings. The molecule has 1 amide bonds. The first-order chi connectivity index (χ1) is 10.6. The molecule has 0 unspecified atom stereocenters. The van der Waals surface area contributed by atoms with Crippen LogP contribution in [0, 0.1) is 11.6 Å². The topological polar surface area (TPSA) is 55.6 Å². The Hall–Kier alpha value is -1.24. The number of benzene rings is 1. The molecule has 130 valence electrons. The Labute approximate surface area is 141 Å². The predicted octanol–water partition coefficient (Wildman–Crippen LogP) is 2.29. The molecule has 4 nitrogen and oxygen atoms in total. The number of nitrogens with zero attached hydrogens (tertiary/aromatic N) is 1. The average molecular weight is 349 g/mol. The van der Waals surface area contributed by atoms with Crippen LogP contribution in [0.15, 0.2) is 18.2 Å². The molecule has 1 fully saturated rings. The maximum atomic E-state index is 13.6. The van der Waals surface area contributed by atoms with Crippen molar-refractivity contribution in [1.29, 1.82) is 0 Å². The molecule has 0 spiro atoms. The van der Waals surface area contributed by atoms with Crippen LogP contribution < -0.4 is 5.73 Å². The highest BCUT2D eigenvalue weighted by Crippen LogP contribution is 2.17. The number of hydrogen-bond acceptors (Lipinski definition) is 3. The van der Waals surface area contributed by atoms with Gasteiger partial charge in [0.05, 0.1) is 12.5 Å². The van der Waals surface area contributed by atoms with Crippen LogP contribution in [0.2, 0.25) is 0 Å². The Morgan fingerprint density at radius 1 is 1.30 bits per heavy atom. The van der Waals surface area contributed by atoms with Gasteiger partial charge in [-0.1, -0.05) is 0 Å². The first-order valence-corrected chi connectivity index (χ1v) is 7.63. The van der Waals surface area contributed by atoms with Crippen LogP contribution in [-0.4, -0.2) is 43.2 Å². The van der Waals surface area contributed by atoms with Crippen LogP contribution in [0.4, 0.5) is 8.78 Å². The van der Waals surface area contributed by atoms with Crippen molar-refractivity contribution in [2.24, 2.45) is 5.73 Å². The van der Waals surface area contributed by atoms with Gasteiger partial charge in [0.25, 0.3) is 0 Å². The molecule has 1 aromatic rings. The minimum Gasteiger partial charge on any atom is -0.378 e. The van der Waals surface area contributed by atoms with Gasteiger partial charge in [-0.2, -0.15) is 0 Å². The van der Waals surface area contributed by atoms with Crippen molar-refractivity contribution in [3.8, 4) is 0 Å². The zero-order valence-electron chi connectivity index (χ0n) is 13.0. The number of ether oxygens (including phenoxy) is 1. The monoisotopic (exact) mass is 348 g/mol. The fraction of sp³-hybridized carbons (Fsp3) is 0.562. The van der Waals surface area contributed by atoms with E-state index < -0.39 is 11.6 Å². The van der Waals surface area contributed by atoms with Gasteiger partial charge >= 0.3 is 0 Å². The number of likely N-dealkylation sites (tertiary alicyclic amines) is 1. The molecule has 1 aliphatic heterocycles. The lowest BCUT2D eigenvalue weighted by Gasteiger charge is -2.32. The molecule has 1 heterocycles. The van der Waals surface area contributed by atoms with E-state index in [0.717, 1.165) is 37.5 Å². The third-order valence-electron chi connectivity index (χ3n) is 3.85. The number of nitrogens with two attached hydrogens (primary N) is 1. The Morgan fingerprint density at radius 2 is 2.00 bits per heavy atom. The van der Waals surface area contributed by atoms with E-state index in [1.54, 1.807) is 4.90 Å². The zero-order valence-corrected chi connectivity index (χ0v) is 13.8. The maximum absolute atomic E-state index is 13.6. The third-order valence-corrected chi connectivity index (χ3v) is 3.85. The van der Waals surface area contributed by atoms with Crippen molar-refractivity contribution in [1.82, 2.24) is 4.90 Å². The quantitative estimate of drug-likeness (QED) is 0.802. The van der Waals surface area contributed by atoms with Crippen molar-refractivity contribution in [3.05, 3.63) is 35.4 Å². The summed E-state index contributed by atoms with van der Waals surface area (Å²) in [5.41, 5.74) is 5.51. The van der Waals surface area contributed by atoms with Crippen LogP contribution in [0.1, 0.15) is 24.8 Å². The van der Waals surface area contributed by atoms with E-state index in [-0.39, 0.29) is 36.4 Å². The van der Waals surface area contributed by atoms with Gasteiger partial charge in [0.1, 0.15) is 11.6 Å². The van der Waals surface area contributed by atoms with E-state index in [1.807, 2.05) is 0 Å². The van der Waals surface area contributed by atoms with Crippen LogP contribution in [0.3, 0.4) is 0 Å². The molecular weight excluding hydrogens is 326 g/mol. The van der Waals surface area contributed by atoms with Crippen LogP contribution in [0.25, 0.3) is 0 Å². The van der Waals surface area contributed by atoms with Crippen molar-refractivity contribution >= 4 is 18.3 Å². The van der Waals surface area contributed by atoms with E-state index in [4.69, 9.17) is 10.5 Å². The van der Waals surface area contributed by atoms with Crippen LogP contribution >= 0.6 is 12.4 Å². The molecule has 2 N–H and O–H groups in total. The van der Waals surface area contributed by atoms with Gasteiger partial charge in [-0.25, -0.2) is 8.78 Å². The third kappa shape index (κ3) is 6.05. The van der Waals surface area contributed by atoms with Crippen molar-refractivity contribution in [2.75, 3.05) is 26.2 Å². The maximum Gasteiger partial charge on any atom is 0.227 e. The molecule has 0 radical (unpaired) electrons. The number of hydrogen-bond donors (Lipinski definition) is 1. The second-order valence-electron chi connectivity index (χ2n) is 5.51. The Kier molecular flexibility index (Phi) is 8.44. The first kappa shape index (κ1) is 19.8. The Morgan fingerprint density at radius 3 is 2.65 bits per heavy atom. The highest BCUT2D eigenvalue weighted by Gasteiger charge is 2.23. The Balaban J connectivity index is 0.00000264. The number of amides is 1. The summed E-state index contributed by atoms with van der Waals surface area (Å²) < 4.78 is 32.4. The lowest BCUT2D eigenvalue weighted by atomic mass is 10.1. The number of carbonyl (C=O) groups excluding carboxylic acids is 1. The molecule has 0 bridgehead atoms. The summed E-state index contributed by atoms with van der Waals surface area (Å²) in [4.78, 5) is 13.9. The summed E-state index contributed by atoms with van der Waals surface area (Å²) in [6.07, 6.45) is 2.41. The zero-order chi connectivity index (χ0) is 15.9. The van der Waals surface area contributed by atoms with Gasteiger partial charge in [-0.3, -0.25) is 4.79 Å². The molecule has 0 saturated carbocycles. The van der Waals surface area contributed by atoms with Crippen molar-refractivity contribution in [2.45, 2.75) is 31.8 Å². The van der Waals surface area contributed by atoms with Crippen LogP contribution in [0.5, 0.6) is 0 Å². The fourth-order valence-electron chi connectivity index (χ4n) is 2.56. The van der Waals surface area contributed by atoms with Gasteiger partial charge in [-0.05, 0) is 44.0 Å². The second-order valence-corrected chi connectivity index (χ2v) is 5.51. The van der Waals surface area contributed by atoms with Gasteiger partial charge < -0.3 is 15.4 Å². The molecule has 0 atom stereocenters. The van der Waals surface area contributed by atoms with E-state index in [9.17, 15) is 13.6 Å². The summed E-state index contributed by atoms with van der Waals surface area (Å²) in [5, 5.41) is 0. The van der Waals surface area contributed by atoms with Crippen molar-refractivity contribution < 1.29 is 18.3 Å². The average Bonchev–Trinajstić information content (AvgIpc) is 2.52.